The highest BCUT2D eigenvalue weighted by Gasteiger charge is 2.09. The number of nitrogens with two attached hydrogens (primary N) is 1. The van der Waals surface area contributed by atoms with Crippen LogP contribution in [0.2, 0.25) is 0 Å². The Labute approximate surface area is 92.6 Å². The summed E-state index contributed by atoms with van der Waals surface area (Å²) in [4.78, 5) is 14.9. The van der Waals surface area contributed by atoms with Gasteiger partial charge in [-0.3, -0.25) is 0 Å². The highest BCUT2D eigenvalue weighted by atomic mass is 16.5. The van der Waals surface area contributed by atoms with Crippen molar-refractivity contribution < 1.29 is 4.74 Å². The quantitative estimate of drug-likeness (QED) is 0.759. The average Bonchev–Trinajstić information content (AvgIpc) is 2.73. The SMILES string of the molecule is C/C=C(\C)COc1nc(N)nc2nc[nH]c12. The maximum Gasteiger partial charge on any atom is 0.245 e. The van der Waals surface area contributed by atoms with Crippen LogP contribution < -0.4 is 10.5 Å². The second-order valence-corrected chi connectivity index (χ2v) is 3.41. The van der Waals surface area contributed by atoms with Gasteiger partial charge in [0.2, 0.25) is 11.8 Å². The van der Waals surface area contributed by atoms with Gasteiger partial charge in [-0.05, 0) is 19.4 Å². The van der Waals surface area contributed by atoms with Gasteiger partial charge in [-0.2, -0.15) is 9.97 Å². The third-order valence-corrected chi connectivity index (χ3v) is 2.20. The molecule has 0 spiro atoms. The fraction of sp³-hybridized carbons (Fsp3) is 0.300. The van der Waals surface area contributed by atoms with E-state index in [-0.39, 0.29) is 5.95 Å². The molecule has 84 valence electrons. The van der Waals surface area contributed by atoms with Crippen molar-refractivity contribution in [3.63, 3.8) is 0 Å². The maximum absolute atomic E-state index is 5.55. The first-order valence-electron chi connectivity index (χ1n) is 4.92. The molecule has 6 heteroatoms. The van der Waals surface area contributed by atoms with Gasteiger partial charge in [0.05, 0.1) is 6.33 Å². The zero-order valence-electron chi connectivity index (χ0n) is 9.19. The number of ether oxygens (including phenoxy) is 1. The molecule has 0 saturated carbocycles. The molecule has 0 saturated heterocycles. The molecule has 2 heterocycles. The number of nitrogen functional groups attached to an aromatic ring is 1. The number of nitrogens with zero attached hydrogens (tertiary/aromatic N) is 3. The van der Waals surface area contributed by atoms with Crippen molar-refractivity contribution >= 4 is 17.1 Å². The third-order valence-electron chi connectivity index (χ3n) is 2.20. The minimum absolute atomic E-state index is 0.160. The van der Waals surface area contributed by atoms with Gasteiger partial charge < -0.3 is 15.5 Å². The Morgan fingerprint density at radius 1 is 1.56 bits per heavy atom. The Hall–Kier alpha value is -2.11. The molecule has 2 aromatic heterocycles. The van der Waals surface area contributed by atoms with E-state index in [1.54, 1.807) is 0 Å². The molecule has 0 fully saturated rings. The summed E-state index contributed by atoms with van der Waals surface area (Å²) in [6.45, 7) is 4.41. The molecule has 6 nitrogen and oxygen atoms in total. The van der Waals surface area contributed by atoms with Gasteiger partial charge in [-0.15, -0.1) is 0 Å². The Bertz CT molecular complexity index is 531. The lowest BCUT2D eigenvalue weighted by Crippen LogP contribution is -2.04. The largest absolute Gasteiger partial charge is 0.472 e. The number of aromatic amines is 1. The number of H-pyrrole nitrogens is 1. The number of hydrogen-bond donors (Lipinski definition) is 2. The van der Waals surface area contributed by atoms with Crippen molar-refractivity contribution in [2.75, 3.05) is 12.3 Å². The van der Waals surface area contributed by atoms with Crippen LogP contribution in [0, 0.1) is 0 Å². The smallest absolute Gasteiger partial charge is 0.245 e. The maximum atomic E-state index is 5.55. The van der Waals surface area contributed by atoms with E-state index in [0.29, 0.717) is 23.7 Å². The Balaban J connectivity index is 2.32. The van der Waals surface area contributed by atoms with E-state index in [4.69, 9.17) is 10.5 Å². The molecular weight excluding hydrogens is 206 g/mol. The standard InChI is InChI=1S/C10H13N5O/c1-3-6(2)4-16-9-7-8(13-5-12-7)14-10(11)15-9/h3,5H,4H2,1-2H3,(H3,11,12,13,14,15)/b6-3+. The molecule has 2 rings (SSSR count). The van der Waals surface area contributed by atoms with Crippen LogP contribution in [0.5, 0.6) is 5.88 Å². The summed E-state index contributed by atoms with van der Waals surface area (Å²) < 4.78 is 5.54. The number of allylic oxidation sites excluding steroid dienone is 1. The van der Waals surface area contributed by atoms with Gasteiger partial charge in [-0.25, -0.2) is 4.98 Å². The number of fused-ring (bicyclic) bond motifs is 1. The second kappa shape index (κ2) is 4.18. The van der Waals surface area contributed by atoms with Crippen molar-refractivity contribution in [3.05, 3.63) is 18.0 Å². The highest BCUT2D eigenvalue weighted by molar-refractivity contribution is 5.76. The number of rotatable bonds is 3. The van der Waals surface area contributed by atoms with E-state index in [0.717, 1.165) is 5.57 Å². The molecule has 0 radical (unpaired) electrons. The van der Waals surface area contributed by atoms with E-state index in [2.05, 4.69) is 19.9 Å². The normalized spacial score (nSPS) is 12.0. The summed E-state index contributed by atoms with van der Waals surface area (Å²) in [7, 11) is 0. The Morgan fingerprint density at radius 2 is 2.38 bits per heavy atom. The van der Waals surface area contributed by atoms with E-state index in [1.807, 2.05) is 19.9 Å². The Morgan fingerprint density at radius 3 is 3.12 bits per heavy atom. The van der Waals surface area contributed by atoms with Crippen molar-refractivity contribution in [1.82, 2.24) is 19.9 Å². The van der Waals surface area contributed by atoms with Crippen molar-refractivity contribution in [3.8, 4) is 5.88 Å². The molecular formula is C10H13N5O. The van der Waals surface area contributed by atoms with E-state index in [1.165, 1.54) is 6.33 Å². The third kappa shape index (κ3) is 1.95. The summed E-state index contributed by atoms with van der Waals surface area (Å²) in [6, 6.07) is 0. The summed E-state index contributed by atoms with van der Waals surface area (Å²) in [5, 5.41) is 0. The van der Waals surface area contributed by atoms with Crippen LogP contribution >= 0.6 is 0 Å². The van der Waals surface area contributed by atoms with Gasteiger partial charge in [-0.1, -0.05) is 6.08 Å². The predicted octanol–water partition coefficient (Wildman–Crippen LogP) is 1.28. The minimum Gasteiger partial charge on any atom is -0.472 e. The fourth-order valence-corrected chi connectivity index (χ4v) is 1.19. The number of imidazole rings is 1. The van der Waals surface area contributed by atoms with Crippen LogP contribution in [0.1, 0.15) is 13.8 Å². The second-order valence-electron chi connectivity index (χ2n) is 3.41. The lowest BCUT2D eigenvalue weighted by atomic mass is 10.3. The van der Waals surface area contributed by atoms with Gasteiger partial charge in [0.15, 0.2) is 5.65 Å². The summed E-state index contributed by atoms with van der Waals surface area (Å²) in [6.07, 6.45) is 3.52. The average molecular weight is 219 g/mol. The van der Waals surface area contributed by atoms with Crippen LogP contribution in [0.3, 0.4) is 0 Å². The lowest BCUT2D eigenvalue weighted by molar-refractivity contribution is 0.342. The topological polar surface area (TPSA) is 89.7 Å². The van der Waals surface area contributed by atoms with Crippen LogP contribution in [-0.4, -0.2) is 26.5 Å². The number of aromatic nitrogens is 4. The van der Waals surface area contributed by atoms with Gasteiger partial charge in [0.1, 0.15) is 12.1 Å². The summed E-state index contributed by atoms with van der Waals surface area (Å²) >= 11 is 0. The van der Waals surface area contributed by atoms with Crippen LogP contribution in [0.15, 0.2) is 18.0 Å². The molecule has 0 aromatic carbocycles. The molecule has 2 aromatic rings. The van der Waals surface area contributed by atoms with Gasteiger partial charge in [0.25, 0.3) is 0 Å². The van der Waals surface area contributed by atoms with E-state index >= 15 is 0 Å². The zero-order chi connectivity index (χ0) is 11.5. The molecule has 0 unspecified atom stereocenters. The monoisotopic (exact) mass is 219 g/mol. The minimum atomic E-state index is 0.160. The first-order valence-corrected chi connectivity index (χ1v) is 4.92. The number of hydrogen-bond acceptors (Lipinski definition) is 5. The van der Waals surface area contributed by atoms with Crippen LogP contribution in [0.25, 0.3) is 11.2 Å². The van der Waals surface area contributed by atoms with Gasteiger partial charge in [0, 0.05) is 0 Å². The predicted molar refractivity (Wildman–Crippen MR) is 61.0 cm³/mol. The number of nitrogens with one attached hydrogen (secondary N) is 1. The molecule has 0 aliphatic rings. The Kier molecular flexibility index (Phi) is 2.72. The molecule has 0 amide bonds. The zero-order valence-corrected chi connectivity index (χ0v) is 9.19. The molecule has 0 atom stereocenters. The van der Waals surface area contributed by atoms with Crippen molar-refractivity contribution in [2.45, 2.75) is 13.8 Å². The first-order chi connectivity index (χ1) is 7.70. The van der Waals surface area contributed by atoms with Gasteiger partial charge >= 0.3 is 0 Å². The van der Waals surface area contributed by atoms with Crippen molar-refractivity contribution in [1.29, 1.82) is 0 Å². The summed E-state index contributed by atoms with van der Waals surface area (Å²) in [5.41, 5.74) is 7.85. The lowest BCUT2D eigenvalue weighted by Gasteiger charge is -2.06. The fourth-order valence-electron chi connectivity index (χ4n) is 1.19. The number of anilines is 1. The van der Waals surface area contributed by atoms with Crippen molar-refractivity contribution in [2.24, 2.45) is 0 Å². The molecule has 0 aliphatic carbocycles. The first kappa shape index (κ1) is 10.4. The molecule has 16 heavy (non-hydrogen) atoms. The van der Waals surface area contributed by atoms with E-state index < -0.39 is 0 Å². The summed E-state index contributed by atoms with van der Waals surface area (Å²) in [5.74, 6) is 0.592. The van der Waals surface area contributed by atoms with Crippen LogP contribution in [0.4, 0.5) is 5.95 Å². The highest BCUT2D eigenvalue weighted by Crippen LogP contribution is 2.19. The molecule has 0 bridgehead atoms. The molecule has 3 N–H and O–H groups in total. The molecule has 0 aliphatic heterocycles. The van der Waals surface area contributed by atoms with Crippen LogP contribution in [-0.2, 0) is 0 Å². The van der Waals surface area contributed by atoms with E-state index in [9.17, 15) is 0 Å².